The van der Waals surface area contributed by atoms with Crippen LogP contribution in [0.2, 0.25) is 0 Å². The van der Waals surface area contributed by atoms with Crippen LogP contribution in [0.1, 0.15) is 59.2 Å². The van der Waals surface area contributed by atoms with Crippen LogP contribution in [0.3, 0.4) is 0 Å². The van der Waals surface area contributed by atoms with Gasteiger partial charge in [-0.1, -0.05) is 13.5 Å². The Morgan fingerprint density at radius 1 is 1.03 bits per heavy atom. The second-order valence-electron chi connectivity index (χ2n) is 6.69. The highest BCUT2D eigenvalue weighted by Gasteiger charge is 2.37. The molecule has 0 aliphatic heterocycles. The lowest BCUT2D eigenvalue weighted by Gasteiger charge is -2.20. The van der Waals surface area contributed by atoms with Crippen LogP contribution in [-0.2, 0) is 12.4 Å². The molecule has 11 heteroatoms. The van der Waals surface area contributed by atoms with Crippen LogP contribution in [-0.4, -0.2) is 22.4 Å². The van der Waals surface area contributed by atoms with Crippen LogP contribution >= 0.6 is 0 Å². The minimum Gasteiger partial charge on any atom is -0.377 e. The van der Waals surface area contributed by atoms with Crippen LogP contribution in [0, 0.1) is 0 Å². The molecule has 0 aliphatic carbocycles. The topological polar surface area (TPSA) is 66.9 Å². The van der Waals surface area contributed by atoms with Crippen molar-refractivity contribution in [3.63, 3.8) is 0 Å². The second-order valence-corrected chi connectivity index (χ2v) is 6.69. The van der Waals surface area contributed by atoms with Gasteiger partial charge < -0.3 is 10.6 Å². The van der Waals surface area contributed by atoms with E-state index in [0.717, 1.165) is 0 Å². The van der Waals surface area contributed by atoms with E-state index < -0.39 is 41.0 Å². The van der Waals surface area contributed by atoms with E-state index in [1.807, 2.05) is 6.92 Å². The van der Waals surface area contributed by atoms with Gasteiger partial charge in [0, 0.05) is 24.6 Å². The zero-order valence-electron chi connectivity index (χ0n) is 16.7. The van der Waals surface area contributed by atoms with Crippen molar-refractivity contribution < 1.29 is 31.1 Å². The smallest absolute Gasteiger partial charge is 0.377 e. The third-order valence-electron chi connectivity index (χ3n) is 4.21. The van der Waals surface area contributed by atoms with E-state index in [9.17, 15) is 31.1 Å². The molecular weight excluding hydrogens is 426 g/mol. The fourth-order valence-electron chi connectivity index (χ4n) is 2.71. The van der Waals surface area contributed by atoms with Crippen LogP contribution in [0.15, 0.2) is 37.2 Å². The van der Waals surface area contributed by atoms with E-state index in [1.54, 1.807) is 0 Å². The number of hydrogen-bond donors (Lipinski definition) is 2. The maximum Gasteiger partial charge on any atom is 0.416 e. The van der Waals surface area contributed by atoms with Crippen LogP contribution < -0.4 is 10.6 Å². The first-order valence-electron chi connectivity index (χ1n) is 9.19. The van der Waals surface area contributed by atoms with E-state index in [0.29, 0.717) is 25.1 Å². The lowest BCUT2D eigenvalue weighted by atomic mass is 10.0. The fraction of sp³-hybridized carbons (Fsp3) is 0.350. The molecule has 1 aromatic carbocycles. The van der Waals surface area contributed by atoms with Gasteiger partial charge in [0.1, 0.15) is 0 Å². The van der Waals surface area contributed by atoms with Crippen LogP contribution in [0.5, 0.6) is 0 Å². The van der Waals surface area contributed by atoms with Crippen molar-refractivity contribution in [1.82, 2.24) is 20.6 Å². The Labute approximate surface area is 174 Å². The van der Waals surface area contributed by atoms with Gasteiger partial charge in [0.05, 0.1) is 22.9 Å². The predicted octanol–water partition coefficient (Wildman–Crippen LogP) is 4.98. The Kier molecular flexibility index (Phi) is 7.29. The first kappa shape index (κ1) is 24.2. The number of nitrogens with zero attached hydrogens (tertiary/aromatic N) is 2. The summed E-state index contributed by atoms with van der Waals surface area (Å²) < 4.78 is 78.5. The minimum atomic E-state index is -4.97. The molecule has 2 N–H and O–H groups in total. The highest BCUT2D eigenvalue weighted by molar-refractivity contribution is 5.93. The quantitative estimate of drug-likeness (QED) is 0.589. The fourth-order valence-corrected chi connectivity index (χ4v) is 2.71. The number of carbonyl (C=O) groups is 1. The predicted molar refractivity (Wildman–Crippen MR) is 102 cm³/mol. The number of halogens is 6. The number of amides is 1. The molecule has 31 heavy (non-hydrogen) atoms. The number of nitrogens with one attached hydrogen (secondary N) is 2. The Bertz CT molecular complexity index is 923. The molecule has 1 atom stereocenters. The molecule has 0 spiro atoms. The molecule has 0 fully saturated rings. The van der Waals surface area contributed by atoms with Gasteiger partial charge in [0.2, 0.25) is 0 Å². The SMILES string of the molecule is C=C(NC(C)c1nccnc1C(=O)NCCC)c1cc(C(F)(F)F)cc(C(F)(F)F)c1. The summed E-state index contributed by atoms with van der Waals surface area (Å²) in [4.78, 5) is 20.3. The Morgan fingerprint density at radius 2 is 1.58 bits per heavy atom. The van der Waals surface area contributed by atoms with E-state index in [1.165, 1.54) is 19.3 Å². The van der Waals surface area contributed by atoms with Gasteiger partial charge in [-0.25, -0.2) is 4.98 Å². The minimum absolute atomic E-state index is 0.0104. The van der Waals surface area contributed by atoms with Crippen LogP contribution in [0.4, 0.5) is 26.3 Å². The average Bonchev–Trinajstić information content (AvgIpc) is 2.70. The molecule has 0 saturated heterocycles. The van der Waals surface area contributed by atoms with Gasteiger partial charge in [-0.15, -0.1) is 0 Å². The molecule has 0 bridgehead atoms. The summed E-state index contributed by atoms with van der Waals surface area (Å²) in [5.74, 6) is -0.498. The van der Waals surface area contributed by atoms with Gasteiger partial charge >= 0.3 is 12.4 Å². The number of aromatic nitrogens is 2. The lowest BCUT2D eigenvalue weighted by molar-refractivity contribution is -0.143. The number of alkyl halides is 6. The average molecular weight is 446 g/mol. The normalized spacial score (nSPS) is 12.9. The highest BCUT2D eigenvalue weighted by atomic mass is 19.4. The summed E-state index contributed by atoms with van der Waals surface area (Å²) in [7, 11) is 0. The summed E-state index contributed by atoms with van der Waals surface area (Å²) in [5, 5.41) is 5.34. The Hall–Kier alpha value is -3.11. The van der Waals surface area contributed by atoms with Gasteiger partial charge in [-0.2, -0.15) is 26.3 Å². The molecule has 0 saturated carbocycles. The first-order chi connectivity index (χ1) is 14.3. The standard InChI is InChI=1S/C20H20F6N4O/c1-4-5-29-18(31)17-16(27-6-7-28-17)12(3)30-11(2)13-8-14(19(21,22)23)10-15(9-13)20(24,25)26/h6-10,12,30H,2,4-5H2,1,3H3,(H,29,31). The number of carbonyl (C=O) groups excluding carboxylic acids is 1. The second kappa shape index (κ2) is 9.36. The summed E-state index contributed by atoms with van der Waals surface area (Å²) in [6, 6.07) is 0.400. The third-order valence-corrected chi connectivity index (χ3v) is 4.21. The first-order valence-corrected chi connectivity index (χ1v) is 9.19. The summed E-state index contributed by atoms with van der Waals surface area (Å²) in [6.07, 6.45) is -6.65. The molecule has 0 aliphatic rings. The van der Waals surface area contributed by atoms with Crippen molar-refractivity contribution in [2.24, 2.45) is 0 Å². The Morgan fingerprint density at radius 3 is 2.10 bits per heavy atom. The molecule has 0 radical (unpaired) electrons. The van der Waals surface area contributed by atoms with Gasteiger partial charge in [-0.3, -0.25) is 9.78 Å². The zero-order chi connectivity index (χ0) is 23.4. The van der Waals surface area contributed by atoms with Crippen molar-refractivity contribution >= 4 is 11.6 Å². The molecule has 2 aromatic rings. The monoisotopic (exact) mass is 446 g/mol. The van der Waals surface area contributed by atoms with Gasteiger partial charge in [0.25, 0.3) is 5.91 Å². The lowest BCUT2D eigenvalue weighted by Crippen LogP contribution is -2.29. The molecular formula is C20H20F6N4O. The maximum atomic E-state index is 13.1. The van der Waals surface area contributed by atoms with Gasteiger partial charge in [-0.05, 0) is 37.1 Å². The van der Waals surface area contributed by atoms with E-state index in [4.69, 9.17) is 0 Å². The van der Waals surface area contributed by atoms with Crippen molar-refractivity contribution in [1.29, 1.82) is 0 Å². The van der Waals surface area contributed by atoms with Crippen molar-refractivity contribution in [3.8, 4) is 0 Å². The van der Waals surface area contributed by atoms with Crippen molar-refractivity contribution in [3.05, 3.63) is 65.2 Å². The van der Waals surface area contributed by atoms with E-state index in [-0.39, 0.29) is 23.2 Å². The van der Waals surface area contributed by atoms with E-state index >= 15 is 0 Å². The Balaban J connectivity index is 2.35. The molecule has 1 amide bonds. The summed E-state index contributed by atoms with van der Waals surface area (Å²) >= 11 is 0. The van der Waals surface area contributed by atoms with Crippen LogP contribution in [0.25, 0.3) is 5.70 Å². The molecule has 1 unspecified atom stereocenters. The summed E-state index contributed by atoms with van der Waals surface area (Å²) in [5.41, 5.74) is -3.34. The maximum absolute atomic E-state index is 13.1. The third kappa shape index (κ3) is 6.19. The molecule has 2 rings (SSSR count). The van der Waals surface area contributed by atoms with Gasteiger partial charge in [0.15, 0.2) is 5.69 Å². The molecule has 1 aromatic heterocycles. The van der Waals surface area contributed by atoms with Crippen molar-refractivity contribution in [2.45, 2.75) is 38.7 Å². The number of rotatable bonds is 7. The number of hydrogen-bond acceptors (Lipinski definition) is 4. The zero-order valence-corrected chi connectivity index (χ0v) is 16.7. The number of benzene rings is 1. The van der Waals surface area contributed by atoms with Crippen molar-refractivity contribution in [2.75, 3.05) is 6.54 Å². The summed E-state index contributed by atoms with van der Waals surface area (Å²) in [6.45, 7) is 7.35. The molecule has 1 heterocycles. The molecule has 168 valence electrons. The van der Waals surface area contributed by atoms with E-state index in [2.05, 4.69) is 27.2 Å². The highest BCUT2D eigenvalue weighted by Crippen LogP contribution is 2.37. The largest absolute Gasteiger partial charge is 0.416 e. The molecule has 5 nitrogen and oxygen atoms in total.